The van der Waals surface area contributed by atoms with E-state index in [0.29, 0.717) is 6.10 Å². The van der Waals surface area contributed by atoms with E-state index >= 15 is 0 Å². The lowest BCUT2D eigenvalue weighted by Crippen LogP contribution is -2.37. The smallest absolute Gasteiger partial charge is 0.247 e. The number of rotatable bonds is 5. The molecule has 22 heavy (non-hydrogen) atoms. The lowest BCUT2D eigenvalue weighted by molar-refractivity contribution is -0.134. The number of likely N-dealkylation sites (tertiary alicyclic amines) is 1. The van der Waals surface area contributed by atoms with Crippen LogP contribution in [0.3, 0.4) is 0 Å². The Morgan fingerprint density at radius 2 is 2.18 bits per heavy atom. The van der Waals surface area contributed by atoms with Crippen molar-refractivity contribution in [1.29, 1.82) is 0 Å². The third kappa shape index (κ3) is 4.09. The fraction of sp³-hybridized carbons (Fsp3) is 0.765. The first-order valence-corrected chi connectivity index (χ1v) is 8.46. The molecule has 1 aromatic rings. The summed E-state index contributed by atoms with van der Waals surface area (Å²) in [6.07, 6.45) is 4.37. The molecule has 124 valence electrons. The molecule has 0 aromatic carbocycles. The third-order valence-electron chi connectivity index (χ3n) is 4.31. The van der Waals surface area contributed by atoms with E-state index in [9.17, 15) is 4.79 Å². The lowest BCUT2D eigenvalue weighted by atomic mass is 10.1. The van der Waals surface area contributed by atoms with Crippen LogP contribution in [0.25, 0.3) is 0 Å². The van der Waals surface area contributed by atoms with E-state index in [4.69, 9.17) is 4.74 Å². The molecule has 1 fully saturated rings. The van der Waals surface area contributed by atoms with Crippen molar-refractivity contribution >= 4 is 5.91 Å². The molecule has 1 saturated heterocycles. The fourth-order valence-corrected chi connectivity index (χ4v) is 3.14. The first kappa shape index (κ1) is 17.0. The second-order valence-electron chi connectivity index (χ2n) is 6.30. The van der Waals surface area contributed by atoms with Crippen LogP contribution < -0.4 is 0 Å². The van der Waals surface area contributed by atoms with Crippen LogP contribution in [0.2, 0.25) is 0 Å². The van der Waals surface area contributed by atoms with Gasteiger partial charge in [-0.3, -0.25) is 9.48 Å². The van der Waals surface area contributed by atoms with Gasteiger partial charge in [-0.05, 0) is 52.5 Å². The summed E-state index contributed by atoms with van der Waals surface area (Å²) in [6, 6.07) is 1.78. The highest BCUT2D eigenvalue weighted by Gasteiger charge is 2.26. The highest BCUT2D eigenvalue weighted by molar-refractivity contribution is 5.80. The fourth-order valence-electron chi connectivity index (χ4n) is 3.14. The predicted octanol–water partition coefficient (Wildman–Crippen LogP) is 2.87. The van der Waals surface area contributed by atoms with E-state index < -0.39 is 0 Å². The van der Waals surface area contributed by atoms with Crippen LogP contribution in [0.1, 0.15) is 57.0 Å². The van der Waals surface area contributed by atoms with Crippen molar-refractivity contribution in [3.05, 3.63) is 17.5 Å². The molecule has 0 bridgehead atoms. The second kappa shape index (κ2) is 7.77. The molecular weight excluding hydrogens is 278 g/mol. The van der Waals surface area contributed by atoms with Gasteiger partial charge in [-0.15, -0.1) is 0 Å². The van der Waals surface area contributed by atoms with Gasteiger partial charge in [0.15, 0.2) is 0 Å². The Labute approximate surface area is 133 Å². The Morgan fingerprint density at radius 3 is 2.82 bits per heavy atom. The maximum Gasteiger partial charge on any atom is 0.247 e. The average Bonchev–Trinajstić information content (AvgIpc) is 2.71. The number of ether oxygens (including phenoxy) is 1. The number of nitrogens with zero attached hydrogens (tertiary/aromatic N) is 3. The van der Waals surface area contributed by atoms with E-state index in [2.05, 4.69) is 12.0 Å². The lowest BCUT2D eigenvalue weighted by Gasteiger charge is -2.25. The van der Waals surface area contributed by atoms with Crippen LogP contribution in [0.15, 0.2) is 6.07 Å². The number of aromatic nitrogens is 2. The monoisotopic (exact) mass is 307 g/mol. The van der Waals surface area contributed by atoms with E-state index in [1.807, 2.05) is 36.4 Å². The van der Waals surface area contributed by atoms with Gasteiger partial charge in [0, 0.05) is 25.4 Å². The Kier molecular flexibility index (Phi) is 6.00. The summed E-state index contributed by atoms with van der Waals surface area (Å²) in [4.78, 5) is 14.7. The number of carbonyl (C=O) groups is 1. The molecule has 2 heterocycles. The molecule has 0 spiro atoms. The summed E-state index contributed by atoms with van der Waals surface area (Å²) in [6.45, 7) is 10.5. The van der Waals surface area contributed by atoms with Gasteiger partial charge in [0.25, 0.3) is 0 Å². The van der Waals surface area contributed by atoms with Crippen LogP contribution in [-0.2, 0) is 9.53 Å². The van der Waals surface area contributed by atoms with Gasteiger partial charge in [-0.25, -0.2) is 0 Å². The molecule has 2 atom stereocenters. The summed E-state index contributed by atoms with van der Waals surface area (Å²) in [7, 11) is 0. The summed E-state index contributed by atoms with van der Waals surface area (Å²) in [5.41, 5.74) is 2.00. The minimum Gasteiger partial charge on any atom is -0.378 e. The Balaban J connectivity index is 1.96. The van der Waals surface area contributed by atoms with Crippen LogP contribution in [0.4, 0.5) is 0 Å². The third-order valence-corrected chi connectivity index (χ3v) is 4.31. The molecule has 1 aromatic heterocycles. The number of aryl methyl sites for hydroxylation is 2. The van der Waals surface area contributed by atoms with Crippen molar-refractivity contribution in [2.45, 2.75) is 65.5 Å². The number of amides is 1. The summed E-state index contributed by atoms with van der Waals surface area (Å²) >= 11 is 0. The Bertz CT molecular complexity index is 498. The van der Waals surface area contributed by atoms with Crippen LogP contribution in [0, 0.1) is 13.8 Å². The van der Waals surface area contributed by atoms with Crippen molar-refractivity contribution in [3.63, 3.8) is 0 Å². The molecular formula is C17H29N3O2. The minimum absolute atomic E-state index is 0.169. The predicted molar refractivity (Wildman–Crippen MR) is 86.9 cm³/mol. The standard InChI is InChI=1S/C17H29N3O2/c1-5-11-22-16-7-6-9-19(10-8-16)17(21)15(4)20-14(3)12-13(2)18-20/h12,15-16H,5-11H2,1-4H3/t15-,16+/m1/s1. The van der Waals surface area contributed by atoms with Crippen molar-refractivity contribution in [1.82, 2.24) is 14.7 Å². The largest absolute Gasteiger partial charge is 0.378 e. The summed E-state index contributed by atoms with van der Waals surface area (Å²) in [5.74, 6) is 0.169. The summed E-state index contributed by atoms with van der Waals surface area (Å²) < 4.78 is 7.69. The zero-order chi connectivity index (χ0) is 16.1. The molecule has 0 radical (unpaired) electrons. The minimum atomic E-state index is -0.234. The number of hydrogen-bond acceptors (Lipinski definition) is 3. The number of carbonyl (C=O) groups excluding carboxylic acids is 1. The van der Waals surface area contributed by atoms with Crippen molar-refractivity contribution in [2.75, 3.05) is 19.7 Å². The maximum atomic E-state index is 12.8. The van der Waals surface area contributed by atoms with Crippen molar-refractivity contribution < 1.29 is 9.53 Å². The molecule has 0 saturated carbocycles. The van der Waals surface area contributed by atoms with Gasteiger partial charge < -0.3 is 9.64 Å². The first-order chi connectivity index (χ1) is 10.5. The Hall–Kier alpha value is -1.36. The van der Waals surface area contributed by atoms with Gasteiger partial charge in [0.05, 0.1) is 11.8 Å². The molecule has 5 heteroatoms. The van der Waals surface area contributed by atoms with Crippen molar-refractivity contribution in [3.8, 4) is 0 Å². The van der Waals surface area contributed by atoms with Gasteiger partial charge in [-0.1, -0.05) is 6.92 Å². The van der Waals surface area contributed by atoms with Crippen LogP contribution in [-0.4, -0.2) is 46.4 Å². The van der Waals surface area contributed by atoms with Gasteiger partial charge in [-0.2, -0.15) is 5.10 Å². The summed E-state index contributed by atoms with van der Waals surface area (Å²) in [5, 5.41) is 4.45. The molecule has 2 rings (SSSR count). The van der Waals surface area contributed by atoms with Gasteiger partial charge >= 0.3 is 0 Å². The topological polar surface area (TPSA) is 47.4 Å². The number of hydrogen-bond donors (Lipinski definition) is 0. The average molecular weight is 307 g/mol. The highest BCUT2D eigenvalue weighted by Crippen LogP contribution is 2.19. The van der Waals surface area contributed by atoms with Crippen LogP contribution >= 0.6 is 0 Å². The molecule has 0 unspecified atom stereocenters. The molecule has 1 amide bonds. The molecule has 5 nitrogen and oxygen atoms in total. The highest BCUT2D eigenvalue weighted by atomic mass is 16.5. The van der Waals surface area contributed by atoms with E-state index in [1.54, 1.807) is 0 Å². The van der Waals surface area contributed by atoms with E-state index in [-0.39, 0.29) is 11.9 Å². The zero-order valence-electron chi connectivity index (χ0n) is 14.3. The molecule has 1 aliphatic rings. The van der Waals surface area contributed by atoms with Crippen molar-refractivity contribution in [2.24, 2.45) is 0 Å². The molecule has 0 N–H and O–H groups in total. The molecule has 1 aliphatic heterocycles. The first-order valence-electron chi connectivity index (χ1n) is 8.46. The van der Waals surface area contributed by atoms with E-state index in [1.165, 1.54) is 0 Å². The van der Waals surface area contributed by atoms with Gasteiger partial charge in [0.2, 0.25) is 5.91 Å². The zero-order valence-corrected chi connectivity index (χ0v) is 14.3. The van der Waals surface area contributed by atoms with Crippen LogP contribution in [0.5, 0.6) is 0 Å². The second-order valence-corrected chi connectivity index (χ2v) is 6.30. The quantitative estimate of drug-likeness (QED) is 0.840. The normalized spacial score (nSPS) is 20.7. The molecule has 0 aliphatic carbocycles. The maximum absolute atomic E-state index is 12.8. The van der Waals surface area contributed by atoms with E-state index in [0.717, 1.165) is 56.8 Å². The SMILES string of the molecule is CCCO[C@H]1CCCN(C(=O)[C@@H](C)n2nc(C)cc2C)CC1. The van der Waals surface area contributed by atoms with Gasteiger partial charge in [0.1, 0.15) is 6.04 Å². The Morgan fingerprint density at radius 1 is 1.41 bits per heavy atom.